The van der Waals surface area contributed by atoms with Gasteiger partial charge in [-0.25, -0.2) is 4.98 Å². The number of nitrogens with zero attached hydrogens (tertiary/aromatic N) is 1. The molecule has 118 valence electrons. The van der Waals surface area contributed by atoms with Crippen molar-refractivity contribution in [3.8, 4) is 0 Å². The third-order valence-corrected chi connectivity index (χ3v) is 5.07. The molecule has 0 saturated heterocycles. The zero-order chi connectivity index (χ0) is 15.8. The SMILES string of the molecule is Cc1nc(COC(=O)Cc2coc3cc4c(cc23)CCC4)cs1. The minimum atomic E-state index is -0.251. The number of fused-ring (bicyclic) bond motifs is 2. The number of benzene rings is 1. The fourth-order valence-corrected chi connectivity index (χ4v) is 3.72. The second-order valence-electron chi connectivity index (χ2n) is 5.93. The van der Waals surface area contributed by atoms with Crippen molar-refractivity contribution in [2.75, 3.05) is 0 Å². The second kappa shape index (κ2) is 5.81. The van der Waals surface area contributed by atoms with Gasteiger partial charge < -0.3 is 9.15 Å². The molecule has 5 heteroatoms. The van der Waals surface area contributed by atoms with Crippen LogP contribution in [0.3, 0.4) is 0 Å². The number of carbonyl (C=O) groups excluding carboxylic acids is 1. The van der Waals surface area contributed by atoms with Crippen LogP contribution in [0.2, 0.25) is 0 Å². The molecule has 0 saturated carbocycles. The Morgan fingerprint density at radius 1 is 1.35 bits per heavy atom. The van der Waals surface area contributed by atoms with E-state index >= 15 is 0 Å². The summed E-state index contributed by atoms with van der Waals surface area (Å²) in [6.07, 6.45) is 5.34. The first-order valence-corrected chi connectivity index (χ1v) is 8.65. The third-order valence-electron chi connectivity index (χ3n) is 4.25. The molecule has 0 unspecified atom stereocenters. The van der Waals surface area contributed by atoms with Crippen LogP contribution in [0.4, 0.5) is 0 Å². The largest absolute Gasteiger partial charge is 0.464 e. The Balaban J connectivity index is 1.48. The summed E-state index contributed by atoms with van der Waals surface area (Å²) in [7, 11) is 0. The molecule has 3 aromatic rings. The van der Waals surface area contributed by atoms with Crippen LogP contribution in [0.25, 0.3) is 11.0 Å². The fraction of sp³-hybridized carbons (Fsp3) is 0.333. The molecular weight excluding hydrogens is 310 g/mol. The van der Waals surface area contributed by atoms with Crippen LogP contribution in [0, 0.1) is 6.92 Å². The van der Waals surface area contributed by atoms with Gasteiger partial charge in [0.2, 0.25) is 0 Å². The van der Waals surface area contributed by atoms with Crippen molar-refractivity contribution < 1.29 is 13.9 Å². The van der Waals surface area contributed by atoms with E-state index in [0.717, 1.165) is 40.1 Å². The summed E-state index contributed by atoms with van der Waals surface area (Å²) in [6, 6.07) is 4.29. The average molecular weight is 327 g/mol. The summed E-state index contributed by atoms with van der Waals surface area (Å²) in [5, 5.41) is 3.93. The molecule has 0 fully saturated rings. The van der Waals surface area contributed by atoms with E-state index in [2.05, 4.69) is 17.1 Å². The van der Waals surface area contributed by atoms with Crippen molar-refractivity contribution in [2.45, 2.75) is 39.2 Å². The number of carbonyl (C=O) groups is 1. The van der Waals surface area contributed by atoms with E-state index in [1.807, 2.05) is 12.3 Å². The van der Waals surface area contributed by atoms with Gasteiger partial charge in [-0.1, -0.05) is 0 Å². The van der Waals surface area contributed by atoms with Gasteiger partial charge in [0.25, 0.3) is 0 Å². The molecule has 0 N–H and O–H groups in total. The van der Waals surface area contributed by atoms with Gasteiger partial charge in [0.05, 0.1) is 23.4 Å². The highest BCUT2D eigenvalue weighted by Gasteiger charge is 2.17. The van der Waals surface area contributed by atoms with Crippen LogP contribution >= 0.6 is 11.3 Å². The molecule has 2 heterocycles. The molecule has 4 rings (SSSR count). The predicted octanol–water partition coefficient (Wildman–Crippen LogP) is 3.97. The normalized spacial score (nSPS) is 13.4. The first-order valence-electron chi connectivity index (χ1n) is 7.77. The van der Waals surface area contributed by atoms with Gasteiger partial charge in [0, 0.05) is 16.3 Å². The number of esters is 1. The van der Waals surface area contributed by atoms with Crippen molar-refractivity contribution in [1.29, 1.82) is 0 Å². The van der Waals surface area contributed by atoms with Gasteiger partial charge in [-0.2, -0.15) is 0 Å². The maximum absolute atomic E-state index is 12.1. The van der Waals surface area contributed by atoms with E-state index in [-0.39, 0.29) is 19.0 Å². The second-order valence-corrected chi connectivity index (χ2v) is 6.99. The van der Waals surface area contributed by atoms with Gasteiger partial charge in [-0.05, 0) is 49.4 Å². The number of rotatable bonds is 4. The third kappa shape index (κ3) is 2.88. The lowest BCUT2D eigenvalue weighted by atomic mass is 10.0. The highest BCUT2D eigenvalue weighted by Crippen LogP contribution is 2.30. The van der Waals surface area contributed by atoms with E-state index in [4.69, 9.17) is 9.15 Å². The van der Waals surface area contributed by atoms with Crippen molar-refractivity contribution in [1.82, 2.24) is 4.98 Å². The van der Waals surface area contributed by atoms with Crippen LogP contribution in [-0.4, -0.2) is 11.0 Å². The zero-order valence-corrected chi connectivity index (χ0v) is 13.7. The lowest BCUT2D eigenvalue weighted by molar-refractivity contribution is -0.144. The Bertz CT molecular complexity index is 878. The molecular formula is C18H17NO3S. The van der Waals surface area contributed by atoms with Crippen LogP contribution in [0.1, 0.15) is 33.8 Å². The predicted molar refractivity (Wildman–Crippen MR) is 88.6 cm³/mol. The van der Waals surface area contributed by atoms with Crippen LogP contribution < -0.4 is 0 Å². The summed E-state index contributed by atoms with van der Waals surface area (Å²) < 4.78 is 10.9. The number of aryl methyl sites for hydroxylation is 3. The van der Waals surface area contributed by atoms with Gasteiger partial charge >= 0.3 is 5.97 Å². The average Bonchev–Trinajstić information content (AvgIpc) is 3.24. The van der Waals surface area contributed by atoms with Gasteiger partial charge in [0.15, 0.2) is 0 Å². The molecule has 1 aliphatic carbocycles. The standard InChI is InChI=1S/C18H17NO3S/c1-11-19-15(10-23-11)9-22-18(20)7-14-8-21-17-6-13-4-2-3-12(13)5-16(14)17/h5-6,8,10H,2-4,7,9H2,1H3. The lowest BCUT2D eigenvalue weighted by Crippen LogP contribution is -2.08. The molecule has 1 aromatic carbocycles. The van der Waals surface area contributed by atoms with Crippen molar-refractivity contribution >= 4 is 28.3 Å². The number of hydrogen-bond acceptors (Lipinski definition) is 5. The minimum absolute atomic E-state index is 0.231. The molecule has 0 aliphatic heterocycles. The van der Waals surface area contributed by atoms with Gasteiger partial charge in [-0.15, -0.1) is 11.3 Å². The van der Waals surface area contributed by atoms with Crippen molar-refractivity contribution in [2.24, 2.45) is 0 Å². The highest BCUT2D eigenvalue weighted by molar-refractivity contribution is 7.09. The summed E-state index contributed by atoms with van der Waals surface area (Å²) in [6.45, 7) is 2.17. The fourth-order valence-electron chi connectivity index (χ4n) is 3.12. The van der Waals surface area contributed by atoms with Crippen LogP contribution in [0.5, 0.6) is 0 Å². The molecule has 2 aromatic heterocycles. The van der Waals surface area contributed by atoms with E-state index in [1.165, 1.54) is 17.5 Å². The number of hydrogen-bond donors (Lipinski definition) is 0. The summed E-state index contributed by atoms with van der Waals surface area (Å²) >= 11 is 1.56. The van der Waals surface area contributed by atoms with Crippen molar-refractivity contribution in [3.05, 3.63) is 51.2 Å². The van der Waals surface area contributed by atoms with Gasteiger partial charge in [-0.3, -0.25) is 4.79 Å². The van der Waals surface area contributed by atoms with Crippen molar-refractivity contribution in [3.63, 3.8) is 0 Å². The van der Waals surface area contributed by atoms with E-state index in [1.54, 1.807) is 17.6 Å². The number of aromatic nitrogens is 1. The first-order chi connectivity index (χ1) is 11.2. The highest BCUT2D eigenvalue weighted by atomic mass is 32.1. The van der Waals surface area contributed by atoms with E-state index < -0.39 is 0 Å². The monoisotopic (exact) mass is 327 g/mol. The molecule has 0 radical (unpaired) electrons. The first kappa shape index (κ1) is 14.5. The number of ether oxygens (including phenoxy) is 1. The van der Waals surface area contributed by atoms with Crippen LogP contribution in [0.15, 0.2) is 28.2 Å². The zero-order valence-electron chi connectivity index (χ0n) is 12.9. The molecule has 0 bridgehead atoms. The molecule has 0 atom stereocenters. The molecule has 23 heavy (non-hydrogen) atoms. The Labute approximate surface area is 138 Å². The Kier molecular flexibility index (Phi) is 3.65. The minimum Gasteiger partial charge on any atom is -0.464 e. The Morgan fingerprint density at radius 3 is 2.96 bits per heavy atom. The summed E-state index contributed by atoms with van der Waals surface area (Å²) in [5.41, 5.74) is 5.32. The Morgan fingerprint density at radius 2 is 2.17 bits per heavy atom. The summed E-state index contributed by atoms with van der Waals surface area (Å²) in [5.74, 6) is -0.251. The molecule has 0 amide bonds. The van der Waals surface area contributed by atoms with Crippen LogP contribution in [-0.2, 0) is 35.4 Å². The summed E-state index contributed by atoms with van der Waals surface area (Å²) in [4.78, 5) is 16.4. The van der Waals surface area contributed by atoms with Gasteiger partial charge in [0.1, 0.15) is 12.2 Å². The molecule has 0 spiro atoms. The Hall–Kier alpha value is -2.14. The molecule has 4 nitrogen and oxygen atoms in total. The maximum atomic E-state index is 12.1. The quantitative estimate of drug-likeness (QED) is 0.680. The van der Waals surface area contributed by atoms with E-state index in [9.17, 15) is 4.79 Å². The number of thiazole rings is 1. The smallest absolute Gasteiger partial charge is 0.310 e. The maximum Gasteiger partial charge on any atom is 0.310 e. The topological polar surface area (TPSA) is 52.3 Å². The molecule has 1 aliphatic rings. The lowest BCUT2D eigenvalue weighted by Gasteiger charge is -2.03. The number of furan rings is 1. The van der Waals surface area contributed by atoms with E-state index in [0.29, 0.717) is 0 Å².